The van der Waals surface area contributed by atoms with Crippen molar-refractivity contribution < 1.29 is 14.5 Å². The van der Waals surface area contributed by atoms with E-state index in [-0.39, 0.29) is 23.5 Å². The second-order valence-electron chi connectivity index (χ2n) is 9.48. The first kappa shape index (κ1) is 25.1. The standard InChI is InChI=1S/C28H30N4O4S/c33-26(12-17-30-16-11-25-24(13-20-37-25)27(30)21-5-2-1-3-6-21)29-14-4-15-31(19-18-29)28(34)22-7-9-23(10-8-22)32(35)36/h1-3,5-10,13,20,27H,4,11-12,14-19H2/t27-/m0/s1. The molecule has 0 saturated carbocycles. The number of amides is 2. The Morgan fingerprint density at radius 2 is 1.65 bits per heavy atom. The molecule has 2 amide bonds. The molecule has 192 valence electrons. The van der Waals surface area contributed by atoms with Crippen molar-refractivity contribution >= 4 is 28.8 Å². The Morgan fingerprint density at radius 3 is 2.41 bits per heavy atom. The lowest BCUT2D eigenvalue weighted by atomic mass is 9.93. The Balaban J connectivity index is 1.19. The van der Waals surface area contributed by atoms with E-state index in [0.717, 1.165) is 13.0 Å². The van der Waals surface area contributed by atoms with E-state index in [2.05, 4.69) is 40.6 Å². The fourth-order valence-electron chi connectivity index (χ4n) is 5.31. The number of nitro groups is 1. The minimum absolute atomic E-state index is 0.0392. The number of hydrogen-bond donors (Lipinski definition) is 0. The molecule has 0 bridgehead atoms. The van der Waals surface area contributed by atoms with Gasteiger partial charge in [0.15, 0.2) is 0 Å². The monoisotopic (exact) mass is 518 g/mol. The maximum atomic E-state index is 13.2. The zero-order valence-electron chi connectivity index (χ0n) is 20.6. The van der Waals surface area contributed by atoms with Gasteiger partial charge in [0.1, 0.15) is 0 Å². The maximum absolute atomic E-state index is 13.2. The highest BCUT2D eigenvalue weighted by atomic mass is 32.1. The summed E-state index contributed by atoms with van der Waals surface area (Å²) in [4.78, 5) is 44.0. The van der Waals surface area contributed by atoms with Crippen LogP contribution in [-0.2, 0) is 11.2 Å². The van der Waals surface area contributed by atoms with Gasteiger partial charge < -0.3 is 9.80 Å². The lowest BCUT2D eigenvalue weighted by molar-refractivity contribution is -0.384. The molecule has 2 aliphatic heterocycles. The predicted octanol–water partition coefficient (Wildman–Crippen LogP) is 4.37. The Labute approximate surface area is 220 Å². The summed E-state index contributed by atoms with van der Waals surface area (Å²) in [7, 11) is 0. The van der Waals surface area contributed by atoms with E-state index in [1.54, 1.807) is 4.90 Å². The van der Waals surface area contributed by atoms with Crippen LogP contribution in [0.3, 0.4) is 0 Å². The first-order chi connectivity index (χ1) is 18.0. The quantitative estimate of drug-likeness (QED) is 0.357. The largest absolute Gasteiger partial charge is 0.341 e. The topological polar surface area (TPSA) is 87.0 Å². The second-order valence-corrected chi connectivity index (χ2v) is 10.5. The summed E-state index contributed by atoms with van der Waals surface area (Å²) in [5, 5.41) is 13.0. The zero-order valence-corrected chi connectivity index (χ0v) is 21.4. The first-order valence-corrected chi connectivity index (χ1v) is 13.6. The van der Waals surface area contributed by atoms with Crippen molar-refractivity contribution in [2.75, 3.05) is 39.3 Å². The van der Waals surface area contributed by atoms with Crippen LogP contribution in [0.1, 0.15) is 45.2 Å². The van der Waals surface area contributed by atoms with Crippen LogP contribution in [0.5, 0.6) is 0 Å². The number of hydrogen-bond acceptors (Lipinski definition) is 6. The van der Waals surface area contributed by atoms with Crippen LogP contribution in [0.25, 0.3) is 0 Å². The molecule has 1 aromatic heterocycles. The molecule has 5 rings (SSSR count). The average molecular weight is 519 g/mol. The smallest absolute Gasteiger partial charge is 0.269 e. The van der Waals surface area contributed by atoms with Gasteiger partial charge in [-0.1, -0.05) is 30.3 Å². The summed E-state index contributed by atoms with van der Waals surface area (Å²) >= 11 is 1.81. The molecule has 1 atom stereocenters. The molecule has 2 aromatic carbocycles. The lowest BCUT2D eigenvalue weighted by Crippen LogP contribution is -2.40. The summed E-state index contributed by atoms with van der Waals surface area (Å²) < 4.78 is 0. The van der Waals surface area contributed by atoms with E-state index in [1.807, 2.05) is 22.3 Å². The van der Waals surface area contributed by atoms with Crippen LogP contribution < -0.4 is 0 Å². The molecule has 3 aromatic rings. The fraction of sp³-hybridized carbons (Fsp3) is 0.357. The molecule has 9 heteroatoms. The van der Waals surface area contributed by atoms with Crippen LogP contribution in [-0.4, -0.2) is 70.7 Å². The van der Waals surface area contributed by atoms with Gasteiger partial charge in [0.25, 0.3) is 11.6 Å². The lowest BCUT2D eigenvalue weighted by Gasteiger charge is -2.36. The summed E-state index contributed by atoms with van der Waals surface area (Å²) in [6.07, 6.45) is 2.16. The molecule has 0 radical (unpaired) electrons. The SMILES string of the molecule is O=C(CCN1CCc2sccc2[C@@H]1c1ccccc1)N1CCCN(C(=O)c2ccc([N+](=O)[O-])cc2)CC1. The van der Waals surface area contributed by atoms with Gasteiger partial charge in [-0.2, -0.15) is 0 Å². The van der Waals surface area contributed by atoms with Crippen LogP contribution in [0, 0.1) is 10.1 Å². The van der Waals surface area contributed by atoms with Gasteiger partial charge in [-0.05, 0) is 47.5 Å². The highest BCUT2D eigenvalue weighted by molar-refractivity contribution is 7.10. The predicted molar refractivity (Wildman–Crippen MR) is 143 cm³/mol. The molecule has 0 aliphatic carbocycles. The van der Waals surface area contributed by atoms with E-state index in [1.165, 1.54) is 40.3 Å². The van der Waals surface area contributed by atoms with Gasteiger partial charge in [-0.15, -0.1) is 11.3 Å². The minimum Gasteiger partial charge on any atom is -0.341 e. The average Bonchev–Trinajstić information content (AvgIpc) is 3.27. The maximum Gasteiger partial charge on any atom is 0.269 e. The number of carbonyl (C=O) groups excluding carboxylic acids is 2. The van der Waals surface area contributed by atoms with Crippen LogP contribution >= 0.6 is 11.3 Å². The molecule has 0 N–H and O–H groups in total. The van der Waals surface area contributed by atoms with Crippen LogP contribution in [0.2, 0.25) is 0 Å². The number of non-ortho nitro benzene ring substituents is 1. The number of fused-ring (bicyclic) bond motifs is 1. The minimum atomic E-state index is -0.477. The van der Waals surface area contributed by atoms with Crippen molar-refractivity contribution in [2.45, 2.75) is 25.3 Å². The zero-order chi connectivity index (χ0) is 25.8. The molecule has 3 heterocycles. The van der Waals surface area contributed by atoms with Gasteiger partial charge >= 0.3 is 0 Å². The van der Waals surface area contributed by atoms with Gasteiger partial charge in [-0.3, -0.25) is 24.6 Å². The highest BCUT2D eigenvalue weighted by Crippen LogP contribution is 2.37. The first-order valence-electron chi connectivity index (χ1n) is 12.7. The number of rotatable bonds is 6. The van der Waals surface area contributed by atoms with Crippen molar-refractivity contribution in [3.63, 3.8) is 0 Å². The Bertz CT molecular complexity index is 1260. The highest BCUT2D eigenvalue weighted by Gasteiger charge is 2.30. The van der Waals surface area contributed by atoms with Crippen molar-refractivity contribution in [2.24, 2.45) is 0 Å². The Morgan fingerprint density at radius 1 is 0.919 bits per heavy atom. The third-order valence-corrected chi connectivity index (χ3v) is 8.25. The number of nitrogens with zero attached hydrogens (tertiary/aromatic N) is 4. The molecular formula is C28H30N4O4S. The Kier molecular flexibility index (Phi) is 7.62. The normalized spacial score (nSPS) is 18.2. The van der Waals surface area contributed by atoms with Crippen LogP contribution in [0.4, 0.5) is 5.69 Å². The van der Waals surface area contributed by atoms with Gasteiger partial charge in [-0.25, -0.2) is 0 Å². The molecule has 0 unspecified atom stereocenters. The molecule has 2 aliphatic rings. The molecule has 1 fully saturated rings. The van der Waals surface area contributed by atoms with Crippen molar-refractivity contribution in [3.8, 4) is 0 Å². The molecule has 37 heavy (non-hydrogen) atoms. The summed E-state index contributed by atoms with van der Waals surface area (Å²) in [5.74, 6) is -0.0395. The summed E-state index contributed by atoms with van der Waals surface area (Å²) in [6, 6.07) is 18.6. The van der Waals surface area contributed by atoms with E-state index >= 15 is 0 Å². The number of thiophene rings is 1. The molecule has 1 saturated heterocycles. The third kappa shape index (κ3) is 5.57. The fourth-order valence-corrected chi connectivity index (χ4v) is 6.21. The number of carbonyl (C=O) groups is 2. The molecule has 0 spiro atoms. The Hall–Kier alpha value is -3.56. The van der Waals surface area contributed by atoms with Crippen molar-refractivity contribution in [1.29, 1.82) is 0 Å². The van der Waals surface area contributed by atoms with E-state index < -0.39 is 4.92 Å². The summed E-state index contributed by atoms with van der Waals surface area (Å²) in [6.45, 7) is 3.75. The second kappa shape index (κ2) is 11.2. The van der Waals surface area contributed by atoms with Crippen molar-refractivity contribution in [1.82, 2.24) is 14.7 Å². The van der Waals surface area contributed by atoms with Gasteiger partial charge in [0.05, 0.1) is 11.0 Å². The van der Waals surface area contributed by atoms with Gasteiger partial charge in [0.2, 0.25) is 5.91 Å². The number of benzene rings is 2. The van der Waals surface area contributed by atoms with Gasteiger partial charge in [0, 0.05) is 68.3 Å². The summed E-state index contributed by atoms with van der Waals surface area (Å²) in [5.41, 5.74) is 2.99. The van der Waals surface area contributed by atoms with Crippen LogP contribution in [0.15, 0.2) is 66.0 Å². The van der Waals surface area contributed by atoms with E-state index in [4.69, 9.17) is 0 Å². The number of nitro benzene ring substituents is 1. The molecule has 8 nitrogen and oxygen atoms in total. The third-order valence-electron chi connectivity index (χ3n) is 7.25. The molecular weight excluding hydrogens is 488 g/mol. The van der Waals surface area contributed by atoms with E-state index in [0.29, 0.717) is 51.1 Å². The van der Waals surface area contributed by atoms with Crippen molar-refractivity contribution in [3.05, 3.63) is 97.7 Å². The van der Waals surface area contributed by atoms with E-state index in [9.17, 15) is 19.7 Å².